The average molecular weight is 611 g/mol. The van der Waals surface area contributed by atoms with Crippen molar-refractivity contribution in [3.8, 4) is 17.2 Å². The second kappa shape index (κ2) is 11.6. The van der Waals surface area contributed by atoms with Gasteiger partial charge in [-0.3, -0.25) is 4.79 Å². The van der Waals surface area contributed by atoms with E-state index in [2.05, 4.69) is 30.3 Å². The Bertz CT molecular complexity index is 1940. The van der Waals surface area contributed by atoms with Crippen molar-refractivity contribution in [2.75, 3.05) is 57.1 Å². The highest BCUT2D eigenvalue weighted by Gasteiger charge is 2.35. The van der Waals surface area contributed by atoms with Crippen LogP contribution in [0.15, 0.2) is 61.3 Å². The highest BCUT2D eigenvalue weighted by molar-refractivity contribution is 5.91. The first kappa shape index (κ1) is 28.4. The maximum Gasteiger partial charge on any atom is 0.246 e. The van der Waals surface area contributed by atoms with Crippen LogP contribution < -0.4 is 19.7 Å². The minimum Gasteiger partial charge on any atom is -0.487 e. The first-order valence-electron chi connectivity index (χ1n) is 14.5. The van der Waals surface area contributed by atoms with Gasteiger partial charge >= 0.3 is 0 Å². The molecule has 1 amide bonds. The first-order chi connectivity index (χ1) is 21.8. The van der Waals surface area contributed by atoms with Gasteiger partial charge in [0.05, 0.1) is 17.2 Å². The molecule has 1 aromatic carbocycles. The number of carbonyl (C=O) groups excluding carboxylic acids is 1. The van der Waals surface area contributed by atoms with Gasteiger partial charge in [-0.2, -0.15) is 5.10 Å². The molecule has 2 aliphatic rings. The van der Waals surface area contributed by atoms with E-state index in [0.29, 0.717) is 83.9 Å². The molecule has 1 N–H and O–H groups in total. The lowest BCUT2D eigenvalue weighted by Crippen LogP contribution is -2.56. The Morgan fingerprint density at radius 2 is 2.07 bits per heavy atom. The average Bonchev–Trinajstić information content (AvgIpc) is 3.45. The fraction of sp³-hybridized carbons (Fsp3) is 0.290. The number of hydrogen-bond acceptors (Lipinski definition) is 11. The number of amides is 1. The fourth-order valence-electron chi connectivity index (χ4n) is 5.49. The normalized spacial score (nSPS) is 16.2. The molecule has 2 bridgehead atoms. The molecule has 0 spiro atoms. The zero-order valence-electron chi connectivity index (χ0n) is 25.0. The van der Waals surface area contributed by atoms with Crippen LogP contribution in [0, 0.1) is 12.7 Å². The number of carbonyl (C=O) groups is 1. The summed E-state index contributed by atoms with van der Waals surface area (Å²) < 4.78 is 29.2. The number of aromatic nitrogens is 6. The molecule has 0 unspecified atom stereocenters. The van der Waals surface area contributed by atoms with Crippen molar-refractivity contribution in [1.29, 1.82) is 0 Å². The number of anilines is 3. The van der Waals surface area contributed by atoms with E-state index in [1.807, 2.05) is 43.0 Å². The Kier molecular flexibility index (Phi) is 7.33. The molecule has 7 rings (SSSR count). The number of fused-ring (bicyclic) bond motifs is 6. The molecule has 0 radical (unpaired) electrons. The number of likely N-dealkylation sites (N-methyl/N-ethyl adjacent to an activating group) is 1. The zero-order valence-corrected chi connectivity index (χ0v) is 25.0. The van der Waals surface area contributed by atoms with E-state index >= 15 is 4.39 Å². The number of pyridine rings is 2. The smallest absolute Gasteiger partial charge is 0.246 e. The van der Waals surface area contributed by atoms with Gasteiger partial charge in [0.1, 0.15) is 42.1 Å². The maximum absolute atomic E-state index is 15.4. The lowest BCUT2D eigenvalue weighted by Gasteiger charge is -2.39. The van der Waals surface area contributed by atoms with Gasteiger partial charge in [0, 0.05) is 56.7 Å². The van der Waals surface area contributed by atoms with Crippen molar-refractivity contribution in [2.45, 2.75) is 13.0 Å². The van der Waals surface area contributed by atoms with Gasteiger partial charge in [0.25, 0.3) is 0 Å². The Morgan fingerprint density at radius 1 is 1.18 bits per heavy atom. The largest absolute Gasteiger partial charge is 0.487 e. The van der Waals surface area contributed by atoms with Gasteiger partial charge in [-0.05, 0) is 38.7 Å². The molecular formula is C31H31FN10O3. The van der Waals surface area contributed by atoms with E-state index in [4.69, 9.17) is 14.5 Å². The van der Waals surface area contributed by atoms with E-state index in [9.17, 15) is 4.79 Å². The number of aryl methyl sites for hydroxylation is 1. The number of ether oxygens (including phenoxy) is 2. The quantitative estimate of drug-likeness (QED) is 0.272. The van der Waals surface area contributed by atoms with E-state index in [1.54, 1.807) is 35.0 Å². The van der Waals surface area contributed by atoms with Gasteiger partial charge in [0.2, 0.25) is 5.91 Å². The van der Waals surface area contributed by atoms with E-state index in [0.717, 1.165) is 0 Å². The molecule has 6 heterocycles. The lowest BCUT2D eigenvalue weighted by molar-refractivity contribution is -0.129. The molecule has 230 valence electrons. The van der Waals surface area contributed by atoms with Gasteiger partial charge in [-0.1, -0.05) is 6.08 Å². The summed E-state index contributed by atoms with van der Waals surface area (Å²) in [6.07, 6.45) is 8.07. The number of benzene rings is 1. The number of nitrogens with zero attached hydrogens (tertiary/aromatic N) is 9. The van der Waals surface area contributed by atoms with E-state index < -0.39 is 5.82 Å². The molecule has 4 aromatic heterocycles. The summed E-state index contributed by atoms with van der Waals surface area (Å²) in [7, 11) is 3.91. The summed E-state index contributed by atoms with van der Waals surface area (Å²) in [5.41, 5.74) is 2.57. The zero-order chi connectivity index (χ0) is 31.1. The summed E-state index contributed by atoms with van der Waals surface area (Å²) >= 11 is 0. The molecule has 14 heteroatoms. The first-order valence-corrected chi connectivity index (χ1v) is 14.5. The summed E-state index contributed by atoms with van der Waals surface area (Å²) in [5, 5.41) is 7.18. The highest BCUT2D eigenvalue weighted by atomic mass is 19.1. The second-order valence-electron chi connectivity index (χ2n) is 11.3. The topological polar surface area (TPSA) is 126 Å². The highest BCUT2D eigenvalue weighted by Crippen LogP contribution is 2.37. The SMILES string of the molecule is Cc1cc(Nc2ncnc3cc4c(nc23)N2CCN(C(=O)/C=C/CN(C)C)[C@@H](CO4)C2)c(F)cc1Oc1ccn2ncnc2c1. The number of piperazine rings is 1. The number of rotatable bonds is 7. The fourth-order valence-corrected chi connectivity index (χ4v) is 5.49. The van der Waals surface area contributed by atoms with Crippen LogP contribution in [-0.4, -0.2) is 98.2 Å². The van der Waals surface area contributed by atoms with Gasteiger partial charge in [0.15, 0.2) is 23.0 Å². The van der Waals surface area contributed by atoms with Crippen molar-refractivity contribution in [2.24, 2.45) is 0 Å². The molecule has 0 saturated carbocycles. The summed E-state index contributed by atoms with van der Waals surface area (Å²) in [4.78, 5) is 36.8. The van der Waals surface area contributed by atoms with E-state index in [1.165, 1.54) is 18.7 Å². The predicted octanol–water partition coefficient (Wildman–Crippen LogP) is 3.58. The number of hydrogen-bond donors (Lipinski definition) is 1. The van der Waals surface area contributed by atoms with Gasteiger partial charge in [-0.25, -0.2) is 28.8 Å². The second-order valence-corrected chi connectivity index (χ2v) is 11.3. The van der Waals surface area contributed by atoms with Gasteiger partial charge < -0.3 is 29.5 Å². The third-order valence-corrected chi connectivity index (χ3v) is 7.78. The number of halogens is 1. The van der Waals surface area contributed by atoms with Crippen LogP contribution in [0.25, 0.3) is 16.7 Å². The van der Waals surface area contributed by atoms with E-state index in [-0.39, 0.29) is 17.6 Å². The molecule has 5 aromatic rings. The Balaban J connectivity index is 1.12. The van der Waals surface area contributed by atoms with Crippen LogP contribution in [0.3, 0.4) is 0 Å². The standard InChI is InChI=1S/C31H31FN10O3/c1-19-11-23(22(32)13-25(19)45-21-6-8-42-27(12-21)34-18-36-42)37-30-29-24(33-17-35-30)14-26-31(38-29)40-9-10-41(20(15-40)16-44-26)28(43)5-4-7-39(2)3/h4-6,8,11-14,17-18,20H,7,9-10,15-16H2,1-3H3,(H,33,35,37)/b5-4+/t20-/m1/s1. The Hall–Kier alpha value is -5.37. The Labute approximate surface area is 257 Å². The molecule has 1 saturated heterocycles. The predicted molar refractivity (Wildman–Crippen MR) is 166 cm³/mol. The molecule has 1 fully saturated rings. The van der Waals surface area contributed by atoms with Crippen LogP contribution >= 0.6 is 0 Å². The monoisotopic (exact) mass is 610 g/mol. The summed E-state index contributed by atoms with van der Waals surface area (Å²) in [6.45, 7) is 4.58. The van der Waals surface area contributed by atoms with Crippen molar-refractivity contribution < 1.29 is 18.7 Å². The molecule has 0 aliphatic carbocycles. The van der Waals surface area contributed by atoms with Crippen molar-refractivity contribution in [3.05, 3.63) is 72.7 Å². The van der Waals surface area contributed by atoms with Crippen molar-refractivity contribution in [3.63, 3.8) is 0 Å². The molecule has 1 atom stereocenters. The molecule has 13 nitrogen and oxygen atoms in total. The van der Waals surface area contributed by atoms with Crippen LogP contribution in [-0.2, 0) is 4.79 Å². The minimum atomic E-state index is -0.521. The van der Waals surface area contributed by atoms with Crippen molar-refractivity contribution >= 4 is 39.9 Å². The van der Waals surface area contributed by atoms with Crippen LogP contribution in [0.5, 0.6) is 17.2 Å². The van der Waals surface area contributed by atoms with Crippen molar-refractivity contribution in [1.82, 2.24) is 39.3 Å². The van der Waals surface area contributed by atoms with Crippen LogP contribution in [0.2, 0.25) is 0 Å². The minimum absolute atomic E-state index is 0.0309. The van der Waals surface area contributed by atoms with Crippen LogP contribution in [0.4, 0.5) is 21.7 Å². The third-order valence-electron chi connectivity index (χ3n) is 7.78. The Morgan fingerprint density at radius 3 is 2.93 bits per heavy atom. The van der Waals surface area contributed by atoms with Crippen LogP contribution in [0.1, 0.15) is 5.56 Å². The summed E-state index contributed by atoms with van der Waals surface area (Å²) in [5.74, 6) is 1.91. The number of nitrogens with one attached hydrogen (secondary N) is 1. The summed E-state index contributed by atoms with van der Waals surface area (Å²) in [6, 6.07) is 8.14. The third kappa shape index (κ3) is 5.67. The van der Waals surface area contributed by atoms with Gasteiger partial charge in [-0.15, -0.1) is 0 Å². The molecule has 45 heavy (non-hydrogen) atoms. The molecule has 2 aliphatic heterocycles. The maximum atomic E-state index is 15.4. The molecular weight excluding hydrogens is 579 g/mol. The lowest BCUT2D eigenvalue weighted by atomic mass is 10.1.